The molecule has 2 unspecified atom stereocenters. The molecule has 0 aromatic heterocycles. The Hall–Kier alpha value is -1.51. The molecule has 1 aliphatic rings. The molecule has 21 heavy (non-hydrogen) atoms. The highest BCUT2D eigenvalue weighted by atomic mass is 35.5. The molecule has 1 N–H and O–H groups in total. The summed E-state index contributed by atoms with van der Waals surface area (Å²) in [5.41, 5.74) is 2.59. The van der Waals surface area contributed by atoms with Crippen molar-refractivity contribution in [3.05, 3.63) is 64.7 Å². The van der Waals surface area contributed by atoms with Crippen LogP contribution in [0.25, 0.3) is 0 Å². The number of benzene rings is 2. The van der Waals surface area contributed by atoms with Crippen LogP contribution in [0.4, 0.5) is 0 Å². The van der Waals surface area contributed by atoms with Gasteiger partial charge in [0.2, 0.25) is 0 Å². The van der Waals surface area contributed by atoms with Gasteiger partial charge in [-0.3, -0.25) is 0 Å². The van der Waals surface area contributed by atoms with E-state index in [1.54, 1.807) is 0 Å². The molecule has 110 valence electrons. The molecule has 0 saturated carbocycles. The van der Waals surface area contributed by atoms with E-state index in [2.05, 4.69) is 42.6 Å². The van der Waals surface area contributed by atoms with E-state index in [0.29, 0.717) is 6.04 Å². The van der Waals surface area contributed by atoms with Gasteiger partial charge in [0.15, 0.2) is 0 Å². The third-order valence-electron chi connectivity index (χ3n) is 3.96. The molecule has 0 aliphatic carbocycles. The van der Waals surface area contributed by atoms with Crippen molar-refractivity contribution < 1.29 is 4.74 Å². The van der Waals surface area contributed by atoms with Gasteiger partial charge in [-0.05, 0) is 42.3 Å². The van der Waals surface area contributed by atoms with Crippen molar-refractivity contribution in [2.24, 2.45) is 0 Å². The average molecular weight is 302 g/mol. The third kappa shape index (κ3) is 3.39. The Morgan fingerprint density at radius 1 is 1.19 bits per heavy atom. The zero-order valence-electron chi connectivity index (χ0n) is 12.2. The molecule has 0 fully saturated rings. The van der Waals surface area contributed by atoms with E-state index in [4.69, 9.17) is 16.3 Å². The Balaban J connectivity index is 1.72. The predicted octanol–water partition coefficient (Wildman–Crippen LogP) is 3.86. The highest BCUT2D eigenvalue weighted by molar-refractivity contribution is 6.30. The molecule has 1 heterocycles. The summed E-state index contributed by atoms with van der Waals surface area (Å²) in [6.07, 6.45) is 2.11. The highest BCUT2D eigenvalue weighted by Crippen LogP contribution is 2.30. The normalized spacial score (nSPS) is 18.1. The SMILES string of the molecule is CCNC(Cc1ccc(Cl)cc1)C1Cc2ccccc2O1. The molecule has 1 aliphatic heterocycles. The number of rotatable bonds is 5. The summed E-state index contributed by atoms with van der Waals surface area (Å²) < 4.78 is 6.13. The van der Waals surface area contributed by atoms with Crippen molar-refractivity contribution in [3.8, 4) is 5.75 Å². The minimum absolute atomic E-state index is 0.193. The van der Waals surface area contributed by atoms with Crippen LogP contribution in [0.5, 0.6) is 5.75 Å². The zero-order valence-corrected chi connectivity index (χ0v) is 12.9. The smallest absolute Gasteiger partial charge is 0.123 e. The maximum atomic E-state index is 6.13. The zero-order chi connectivity index (χ0) is 14.7. The van der Waals surface area contributed by atoms with Crippen LogP contribution in [0.1, 0.15) is 18.1 Å². The fourth-order valence-corrected chi connectivity index (χ4v) is 3.03. The second-order valence-corrected chi connectivity index (χ2v) is 5.90. The lowest BCUT2D eigenvalue weighted by Crippen LogP contribution is -2.44. The molecule has 0 bridgehead atoms. The highest BCUT2D eigenvalue weighted by Gasteiger charge is 2.29. The van der Waals surface area contributed by atoms with Crippen LogP contribution in [0, 0.1) is 0 Å². The van der Waals surface area contributed by atoms with Crippen molar-refractivity contribution in [2.45, 2.75) is 31.9 Å². The van der Waals surface area contributed by atoms with Crippen molar-refractivity contribution in [1.82, 2.24) is 5.32 Å². The number of ether oxygens (including phenoxy) is 1. The van der Waals surface area contributed by atoms with Crippen molar-refractivity contribution in [3.63, 3.8) is 0 Å². The first-order valence-corrected chi connectivity index (χ1v) is 7.86. The Morgan fingerprint density at radius 3 is 2.67 bits per heavy atom. The van der Waals surface area contributed by atoms with E-state index < -0.39 is 0 Å². The van der Waals surface area contributed by atoms with Gasteiger partial charge in [-0.15, -0.1) is 0 Å². The first-order valence-electron chi connectivity index (χ1n) is 7.48. The largest absolute Gasteiger partial charge is 0.488 e. The molecule has 2 nitrogen and oxygen atoms in total. The van der Waals surface area contributed by atoms with E-state index in [1.807, 2.05) is 18.2 Å². The maximum absolute atomic E-state index is 6.13. The summed E-state index contributed by atoms with van der Waals surface area (Å²) in [4.78, 5) is 0. The fraction of sp³-hybridized carbons (Fsp3) is 0.333. The number of halogens is 1. The molecule has 3 heteroatoms. The van der Waals surface area contributed by atoms with Gasteiger partial charge in [0.1, 0.15) is 11.9 Å². The Kier molecular flexibility index (Phi) is 4.47. The number of para-hydroxylation sites is 1. The fourth-order valence-electron chi connectivity index (χ4n) is 2.90. The predicted molar refractivity (Wildman–Crippen MR) is 87.2 cm³/mol. The number of likely N-dealkylation sites (N-methyl/N-ethyl adjacent to an activating group) is 1. The van der Waals surface area contributed by atoms with Crippen molar-refractivity contribution >= 4 is 11.6 Å². The van der Waals surface area contributed by atoms with Crippen LogP contribution in [0.3, 0.4) is 0 Å². The minimum Gasteiger partial charge on any atom is -0.488 e. The topological polar surface area (TPSA) is 21.3 Å². The second kappa shape index (κ2) is 6.50. The summed E-state index contributed by atoms with van der Waals surface area (Å²) in [5, 5.41) is 4.35. The van der Waals surface area contributed by atoms with Gasteiger partial charge < -0.3 is 10.1 Å². The lowest BCUT2D eigenvalue weighted by atomic mass is 9.98. The van der Waals surface area contributed by atoms with E-state index in [1.165, 1.54) is 11.1 Å². The molecule has 2 atom stereocenters. The van der Waals surface area contributed by atoms with Gasteiger partial charge in [-0.25, -0.2) is 0 Å². The van der Waals surface area contributed by atoms with Gasteiger partial charge in [0.25, 0.3) is 0 Å². The maximum Gasteiger partial charge on any atom is 0.123 e. The van der Waals surface area contributed by atoms with Crippen LogP contribution < -0.4 is 10.1 Å². The molecule has 2 aromatic carbocycles. The first-order chi connectivity index (χ1) is 10.3. The van der Waals surface area contributed by atoms with E-state index >= 15 is 0 Å². The molecule has 0 radical (unpaired) electrons. The molecular weight excluding hydrogens is 282 g/mol. The molecule has 0 amide bonds. The van der Waals surface area contributed by atoms with Gasteiger partial charge >= 0.3 is 0 Å². The van der Waals surface area contributed by atoms with Gasteiger partial charge in [0, 0.05) is 17.5 Å². The van der Waals surface area contributed by atoms with Crippen LogP contribution in [-0.2, 0) is 12.8 Å². The molecule has 2 aromatic rings. The lowest BCUT2D eigenvalue weighted by Gasteiger charge is -2.24. The van der Waals surface area contributed by atoms with E-state index in [0.717, 1.165) is 30.2 Å². The quantitative estimate of drug-likeness (QED) is 0.905. The van der Waals surface area contributed by atoms with E-state index in [-0.39, 0.29) is 6.10 Å². The number of hydrogen-bond donors (Lipinski definition) is 1. The standard InChI is InChI=1S/C18H20ClNO/c1-2-20-16(11-13-7-9-15(19)10-8-13)18-12-14-5-3-4-6-17(14)21-18/h3-10,16,18,20H,2,11-12H2,1H3. The molecule has 0 spiro atoms. The van der Waals surface area contributed by atoms with Crippen molar-refractivity contribution in [1.29, 1.82) is 0 Å². The van der Waals surface area contributed by atoms with Crippen LogP contribution in [0.15, 0.2) is 48.5 Å². The van der Waals surface area contributed by atoms with Gasteiger partial charge in [-0.1, -0.05) is 48.9 Å². The van der Waals surface area contributed by atoms with Crippen LogP contribution in [-0.4, -0.2) is 18.7 Å². The lowest BCUT2D eigenvalue weighted by molar-refractivity contribution is 0.178. The third-order valence-corrected chi connectivity index (χ3v) is 4.21. The molecular formula is C18H20ClNO. The summed E-state index contributed by atoms with van der Waals surface area (Å²) >= 11 is 5.96. The van der Waals surface area contributed by atoms with Crippen LogP contribution >= 0.6 is 11.6 Å². The van der Waals surface area contributed by atoms with Gasteiger partial charge in [-0.2, -0.15) is 0 Å². The monoisotopic (exact) mass is 301 g/mol. The van der Waals surface area contributed by atoms with Crippen molar-refractivity contribution in [2.75, 3.05) is 6.54 Å². The second-order valence-electron chi connectivity index (χ2n) is 5.46. The number of fused-ring (bicyclic) bond motifs is 1. The van der Waals surface area contributed by atoms with E-state index in [9.17, 15) is 0 Å². The average Bonchev–Trinajstić information content (AvgIpc) is 2.93. The van der Waals surface area contributed by atoms with Crippen LogP contribution in [0.2, 0.25) is 5.02 Å². The summed E-state index contributed by atoms with van der Waals surface area (Å²) in [6.45, 7) is 3.07. The van der Waals surface area contributed by atoms with Gasteiger partial charge in [0.05, 0.1) is 0 Å². The Morgan fingerprint density at radius 2 is 1.95 bits per heavy atom. The minimum atomic E-state index is 0.193. The summed E-state index contributed by atoms with van der Waals surface area (Å²) in [7, 11) is 0. The summed E-state index contributed by atoms with van der Waals surface area (Å²) in [5.74, 6) is 1.03. The first kappa shape index (κ1) is 14.4. The number of nitrogens with one attached hydrogen (secondary N) is 1. The summed E-state index contributed by atoms with van der Waals surface area (Å²) in [6, 6.07) is 16.7. The molecule has 3 rings (SSSR count). The Bertz CT molecular complexity index is 571. The number of hydrogen-bond acceptors (Lipinski definition) is 2. The molecule has 0 saturated heterocycles. The Labute approximate surface area is 131 Å².